The molecule has 0 radical (unpaired) electrons. The fourth-order valence-corrected chi connectivity index (χ4v) is 8.02. The van der Waals surface area contributed by atoms with Crippen LogP contribution in [0.15, 0.2) is 44.2 Å². The topological polar surface area (TPSA) is 106 Å². The molecule has 3 N–H and O–H groups in total. The first kappa shape index (κ1) is 22.7. The maximum atomic E-state index is 12.3. The molecule has 5 rings (SSSR count). The number of ketones is 1. The summed E-state index contributed by atoms with van der Waals surface area (Å²) < 4.78 is 5.19. The molecule has 1 aromatic heterocycles. The van der Waals surface area contributed by atoms with Gasteiger partial charge in [0.05, 0.1) is 25.0 Å². The van der Waals surface area contributed by atoms with Crippen LogP contribution in [0.3, 0.4) is 0 Å². The van der Waals surface area contributed by atoms with Gasteiger partial charge in [-0.15, -0.1) is 0 Å². The predicted octanol–water partition coefficient (Wildman–Crippen LogP) is 3.77. The number of aliphatic hydroxyl groups is 1. The van der Waals surface area contributed by atoms with Crippen LogP contribution in [0.5, 0.6) is 0 Å². The Kier molecular flexibility index (Phi) is 5.52. The molecule has 6 atom stereocenters. The van der Waals surface area contributed by atoms with Crippen LogP contribution in [-0.4, -0.2) is 35.3 Å². The Morgan fingerprint density at radius 2 is 1.97 bits per heavy atom. The van der Waals surface area contributed by atoms with Crippen LogP contribution in [-0.2, 0) is 4.79 Å². The second-order valence-corrected chi connectivity index (χ2v) is 11.2. The van der Waals surface area contributed by atoms with Crippen molar-refractivity contribution in [1.29, 1.82) is 0 Å². The van der Waals surface area contributed by atoms with Gasteiger partial charge < -0.3 is 15.3 Å². The summed E-state index contributed by atoms with van der Waals surface area (Å²) in [6.07, 6.45) is 11.5. The SMILES string of the molecule is C[C@]12CCC(=NCC(=O)CN)C=C1CCC1C2CC[C@]2(C)[C@@H](c3ccc(=O)oc3)CC[C@]12O. The number of nitrogens with two attached hydrogens (primary N) is 1. The summed E-state index contributed by atoms with van der Waals surface area (Å²) in [5.74, 6) is 0.912. The number of aliphatic imine (C=N–C) groups is 1. The Bertz CT molecular complexity index is 1050. The van der Waals surface area contributed by atoms with Gasteiger partial charge in [-0.3, -0.25) is 9.79 Å². The molecule has 1 aromatic rings. The van der Waals surface area contributed by atoms with Gasteiger partial charge in [0, 0.05) is 17.2 Å². The molecule has 6 heteroatoms. The second-order valence-electron chi connectivity index (χ2n) is 11.2. The Morgan fingerprint density at radius 3 is 2.70 bits per heavy atom. The van der Waals surface area contributed by atoms with E-state index in [2.05, 4.69) is 24.9 Å². The number of fused-ring (bicyclic) bond motifs is 5. The van der Waals surface area contributed by atoms with Crippen molar-refractivity contribution in [3.05, 3.63) is 46.0 Å². The van der Waals surface area contributed by atoms with Gasteiger partial charge in [0.15, 0.2) is 5.78 Å². The van der Waals surface area contributed by atoms with Gasteiger partial charge in [0.1, 0.15) is 0 Å². The van der Waals surface area contributed by atoms with Crippen LogP contribution in [0.25, 0.3) is 0 Å². The highest BCUT2D eigenvalue weighted by Crippen LogP contribution is 2.69. The third-order valence-electron chi connectivity index (χ3n) is 9.98. The van der Waals surface area contributed by atoms with E-state index in [-0.39, 0.29) is 47.2 Å². The molecule has 0 saturated heterocycles. The molecule has 0 aromatic carbocycles. The van der Waals surface area contributed by atoms with Crippen molar-refractivity contribution in [3.8, 4) is 0 Å². The van der Waals surface area contributed by atoms with E-state index >= 15 is 0 Å². The van der Waals surface area contributed by atoms with Crippen LogP contribution < -0.4 is 11.4 Å². The fourth-order valence-electron chi connectivity index (χ4n) is 8.02. The van der Waals surface area contributed by atoms with Crippen molar-refractivity contribution in [2.45, 2.75) is 76.7 Å². The zero-order valence-corrected chi connectivity index (χ0v) is 19.8. The van der Waals surface area contributed by atoms with Crippen molar-refractivity contribution in [3.63, 3.8) is 0 Å². The normalized spacial score (nSPS) is 41.2. The molecule has 3 saturated carbocycles. The largest absolute Gasteiger partial charge is 0.431 e. The summed E-state index contributed by atoms with van der Waals surface area (Å²) in [7, 11) is 0. The van der Waals surface area contributed by atoms with Gasteiger partial charge in [-0.1, -0.05) is 19.4 Å². The standard InChI is InChI=1S/C27H36N2O4/c1-25-10-7-19(29-15-20(30)14-28)13-18(25)4-5-23-22(25)8-11-26(2)21(9-12-27(23,26)32)17-3-6-24(31)33-16-17/h3,6,13,16,21-23,32H,4-5,7-12,14-15,28H2,1-2H3/t21-,22?,23?,25+,26-,27+/m1/s1. The Labute approximate surface area is 195 Å². The Balaban J connectivity index is 1.42. The molecule has 4 aliphatic rings. The number of carbonyl (C=O) groups is 1. The van der Waals surface area contributed by atoms with Gasteiger partial charge in [-0.2, -0.15) is 0 Å². The zero-order valence-electron chi connectivity index (χ0n) is 19.8. The maximum Gasteiger partial charge on any atom is 0.335 e. The van der Waals surface area contributed by atoms with Crippen LogP contribution in [0, 0.1) is 22.7 Å². The fraction of sp³-hybridized carbons (Fsp3) is 0.667. The number of carbonyl (C=O) groups excluding carboxylic acids is 1. The average molecular weight is 453 g/mol. The lowest BCUT2D eigenvalue weighted by molar-refractivity contribution is -0.176. The molecule has 0 amide bonds. The van der Waals surface area contributed by atoms with E-state index in [1.807, 2.05) is 6.07 Å². The molecular weight excluding hydrogens is 416 g/mol. The maximum absolute atomic E-state index is 12.3. The number of hydrogen-bond donors (Lipinski definition) is 2. The molecule has 0 aliphatic heterocycles. The van der Waals surface area contributed by atoms with Crippen molar-refractivity contribution >= 4 is 11.5 Å². The van der Waals surface area contributed by atoms with Crippen molar-refractivity contribution in [1.82, 2.24) is 0 Å². The zero-order chi connectivity index (χ0) is 23.4. The number of nitrogens with zero attached hydrogens (tertiary/aromatic N) is 1. The van der Waals surface area contributed by atoms with Crippen molar-refractivity contribution < 1.29 is 14.3 Å². The summed E-state index contributed by atoms with van der Waals surface area (Å²) in [6.45, 7) is 4.88. The van der Waals surface area contributed by atoms with Crippen LogP contribution in [0.2, 0.25) is 0 Å². The van der Waals surface area contributed by atoms with Crippen LogP contribution in [0.1, 0.15) is 76.7 Å². The van der Waals surface area contributed by atoms with E-state index in [1.54, 1.807) is 6.26 Å². The van der Waals surface area contributed by atoms with Gasteiger partial charge in [0.2, 0.25) is 0 Å². The number of allylic oxidation sites excluding steroid dienone is 2. The molecule has 3 fully saturated rings. The number of rotatable bonds is 4. The lowest BCUT2D eigenvalue weighted by Crippen LogP contribution is -2.60. The van der Waals surface area contributed by atoms with Crippen LogP contribution >= 0.6 is 0 Å². The molecular formula is C27H36N2O4. The van der Waals surface area contributed by atoms with Gasteiger partial charge in [0.25, 0.3) is 0 Å². The molecule has 6 nitrogen and oxygen atoms in total. The first-order valence-corrected chi connectivity index (χ1v) is 12.5. The highest BCUT2D eigenvalue weighted by molar-refractivity contribution is 5.98. The predicted molar refractivity (Wildman–Crippen MR) is 127 cm³/mol. The minimum absolute atomic E-state index is 0.0276. The lowest BCUT2D eigenvalue weighted by atomic mass is 9.45. The average Bonchev–Trinajstić information content (AvgIpc) is 3.09. The van der Waals surface area contributed by atoms with E-state index in [0.29, 0.717) is 5.92 Å². The summed E-state index contributed by atoms with van der Waals surface area (Å²) in [4.78, 5) is 27.6. The number of Topliss-reactive ketones (excluding diaryl/α,β-unsaturated/α-hetero) is 1. The molecule has 0 spiro atoms. The van der Waals surface area contributed by atoms with Gasteiger partial charge in [-0.05, 0) is 92.2 Å². The Morgan fingerprint density at radius 1 is 1.15 bits per heavy atom. The van der Waals surface area contributed by atoms with E-state index in [9.17, 15) is 14.7 Å². The molecule has 1 heterocycles. The minimum Gasteiger partial charge on any atom is -0.431 e. The smallest absolute Gasteiger partial charge is 0.335 e. The summed E-state index contributed by atoms with van der Waals surface area (Å²) >= 11 is 0. The number of hydrogen-bond acceptors (Lipinski definition) is 6. The summed E-state index contributed by atoms with van der Waals surface area (Å²) in [6, 6.07) is 3.39. The third kappa shape index (κ3) is 3.40. The van der Waals surface area contributed by atoms with Gasteiger partial charge >= 0.3 is 5.63 Å². The van der Waals surface area contributed by atoms with Crippen LogP contribution in [0.4, 0.5) is 0 Å². The molecule has 0 bridgehead atoms. The monoisotopic (exact) mass is 452 g/mol. The van der Waals surface area contributed by atoms with E-state index < -0.39 is 5.60 Å². The molecule has 33 heavy (non-hydrogen) atoms. The van der Waals surface area contributed by atoms with Gasteiger partial charge in [-0.25, -0.2) is 4.79 Å². The summed E-state index contributed by atoms with van der Waals surface area (Å²) in [5, 5.41) is 12.3. The van der Waals surface area contributed by atoms with Crippen molar-refractivity contribution in [2.24, 2.45) is 33.4 Å². The molecule has 178 valence electrons. The van der Waals surface area contributed by atoms with E-state index in [1.165, 1.54) is 11.6 Å². The highest BCUT2D eigenvalue weighted by Gasteiger charge is 2.66. The first-order valence-electron chi connectivity index (χ1n) is 12.5. The molecule has 4 aliphatic carbocycles. The highest BCUT2D eigenvalue weighted by atomic mass is 16.4. The third-order valence-corrected chi connectivity index (χ3v) is 9.98. The van der Waals surface area contributed by atoms with E-state index in [0.717, 1.165) is 62.6 Å². The minimum atomic E-state index is -0.701. The summed E-state index contributed by atoms with van der Waals surface area (Å²) in [5.41, 5.74) is 7.78. The van der Waals surface area contributed by atoms with E-state index in [4.69, 9.17) is 10.2 Å². The Hall–Kier alpha value is -2.05. The lowest BCUT2D eigenvalue weighted by Gasteiger charge is -2.61. The quantitative estimate of drug-likeness (QED) is 0.723. The second kappa shape index (κ2) is 8.02. The van der Waals surface area contributed by atoms with Crippen molar-refractivity contribution in [2.75, 3.05) is 13.1 Å². The molecule has 2 unspecified atom stereocenters. The first-order chi connectivity index (χ1) is 15.7.